The standard InChI is InChI=1S/C16H19N3O2/c1-9-11-6-5-10-14(18-8-19-15(10)21-4)16(11,2)7-12(17-3)13(9)20/h8-9,11-12H,5-7H2,1-2,4H3/t9-,11-,12?,16-/m0/s1. The van der Waals surface area contributed by atoms with Crippen LogP contribution in [0.25, 0.3) is 4.85 Å². The van der Waals surface area contributed by atoms with Crippen LogP contribution >= 0.6 is 0 Å². The summed E-state index contributed by atoms with van der Waals surface area (Å²) in [6.07, 6.45) is 3.83. The van der Waals surface area contributed by atoms with E-state index < -0.39 is 6.04 Å². The fraction of sp³-hybridized carbons (Fsp3) is 0.625. The number of fused-ring (bicyclic) bond motifs is 3. The van der Waals surface area contributed by atoms with Crippen LogP contribution in [0.3, 0.4) is 0 Å². The molecular formula is C16H19N3O2. The third-order valence-corrected chi connectivity index (χ3v) is 5.32. The third-order valence-electron chi connectivity index (χ3n) is 5.32. The van der Waals surface area contributed by atoms with Crippen molar-refractivity contribution < 1.29 is 9.53 Å². The van der Waals surface area contributed by atoms with Crippen molar-refractivity contribution in [1.82, 2.24) is 9.97 Å². The Balaban J connectivity index is 2.13. The van der Waals surface area contributed by atoms with Crippen LogP contribution in [0.5, 0.6) is 5.88 Å². The van der Waals surface area contributed by atoms with Crippen molar-refractivity contribution in [2.24, 2.45) is 11.8 Å². The van der Waals surface area contributed by atoms with Crippen molar-refractivity contribution in [3.8, 4) is 5.88 Å². The molecule has 5 heteroatoms. The van der Waals surface area contributed by atoms with Crippen LogP contribution in [0.1, 0.15) is 37.9 Å². The number of hydrogen-bond acceptors (Lipinski definition) is 4. The van der Waals surface area contributed by atoms with Crippen LogP contribution in [0.2, 0.25) is 0 Å². The molecule has 4 atom stereocenters. The van der Waals surface area contributed by atoms with E-state index in [0.717, 1.165) is 24.1 Å². The molecule has 1 fully saturated rings. The highest BCUT2D eigenvalue weighted by Gasteiger charge is 2.55. The zero-order valence-corrected chi connectivity index (χ0v) is 12.6. The number of ether oxygens (including phenoxy) is 1. The third kappa shape index (κ3) is 1.85. The lowest BCUT2D eigenvalue weighted by atomic mass is 9.55. The second-order valence-corrected chi connectivity index (χ2v) is 6.31. The number of hydrogen-bond donors (Lipinski definition) is 0. The van der Waals surface area contributed by atoms with Crippen molar-refractivity contribution in [2.45, 2.75) is 44.6 Å². The summed E-state index contributed by atoms with van der Waals surface area (Å²) in [4.78, 5) is 24.6. The summed E-state index contributed by atoms with van der Waals surface area (Å²) in [5, 5.41) is 0. The number of ketones is 1. The minimum Gasteiger partial charge on any atom is -0.481 e. The van der Waals surface area contributed by atoms with Gasteiger partial charge in [-0.15, -0.1) is 0 Å². The molecule has 110 valence electrons. The van der Waals surface area contributed by atoms with Crippen LogP contribution in [0.4, 0.5) is 0 Å². The molecule has 0 aromatic carbocycles. The molecule has 0 aliphatic heterocycles. The maximum Gasteiger partial charge on any atom is 0.282 e. The predicted molar refractivity (Wildman–Crippen MR) is 76.9 cm³/mol. The van der Waals surface area contributed by atoms with E-state index in [4.69, 9.17) is 11.3 Å². The molecule has 1 aromatic rings. The first-order valence-electron chi connectivity index (χ1n) is 7.31. The molecule has 3 rings (SSSR count). The Bertz CT molecular complexity index is 637. The van der Waals surface area contributed by atoms with Crippen LogP contribution in [0, 0.1) is 18.4 Å². The molecule has 0 N–H and O–H groups in total. The smallest absolute Gasteiger partial charge is 0.282 e. The Morgan fingerprint density at radius 3 is 2.90 bits per heavy atom. The molecular weight excluding hydrogens is 266 g/mol. The van der Waals surface area contributed by atoms with Crippen molar-refractivity contribution in [2.75, 3.05) is 7.11 Å². The Kier molecular flexibility index (Phi) is 3.20. The van der Waals surface area contributed by atoms with Crippen molar-refractivity contribution in [3.63, 3.8) is 0 Å². The van der Waals surface area contributed by atoms with E-state index in [9.17, 15) is 4.79 Å². The van der Waals surface area contributed by atoms with Gasteiger partial charge in [0.15, 0.2) is 0 Å². The number of carbonyl (C=O) groups excluding carboxylic acids is 1. The Labute approximate surface area is 124 Å². The van der Waals surface area contributed by atoms with Crippen LogP contribution in [-0.4, -0.2) is 28.9 Å². The first-order valence-corrected chi connectivity index (χ1v) is 7.31. The maximum absolute atomic E-state index is 12.3. The largest absolute Gasteiger partial charge is 0.481 e. The maximum atomic E-state index is 12.3. The number of nitrogens with zero attached hydrogens (tertiary/aromatic N) is 3. The van der Waals surface area contributed by atoms with Gasteiger partial charge in [-0.3, -0.25) is 4.79 Å². The van der Waals surface area contributed by atoms with Crippen LogP contribution in [0.15, 0.2) is 6.33 Å². The molecule has 0 bridgehead atoms. The van der Waals surface area contributed by atoms with Gasteiger partial charge in [-0.05, 0) is 18.8 Å². The van der Waals surface area contributed by atoms with E-state index in [2.05, 4.69) is 21.7 Å². The highest BCUT2D eigenvalue weighted by atomic mass is 16.5. The Morgan fingerprint density at radius 2 is 2.24 bits per heavy atom. The van der Waals surface area contributed by atoms with Gasteiger partial charge in [0.05, 0.1) is 12.8 Å². The molecule has 1 unspecified atom stereocenters. The fourth-order valence-electron chi connectivity index (χ4n) is 4.25. The molecule has 1 saturated carbocycles. The molecule has 0 spiro atoms. The topological polar surface area (TPSA) is 56.4 Å². The molecule has 0 radical (unpaired) electrons. The van der Waals surface area contributed by atoms with Crippen molar-refractivity contribution in [3.05, 3.63) is 29.0 Å². The van der Waals surface area contributed by atoms with Gasteiger partial charge in [-0.25, -0.2) is 16.5 Å². The lowest BCUT2D eigenvalue weighted by Crippen LogP contribution is -2.52. The summed E-state index contributed by atoms with van der Waals surface area (Å²) >= 11 is 0. The van der Waals surface area contributed by atoms with E-state index in [0.29, 0.717) is 12.3 Å². The molecule has 0 saturated heterocycles. The first-order chi connectivity index (χ1) is 10.0. The number of aromatic nitrogens is 2. The monoisotopic (exact) mass is 285 g/mol. The van der Waals surface area contributed by atoms with Gasteiger partial charge in [0.25, 0.3) is 6.04 Å². The quantitative estimate of drug-likeness (QED) is 0.742. The zero-order chi connectivity index (χ0) is 15.2. The normalized spacial score (nSPS) is 34.6. The molecule has 21 heavy (non-hydrogen) atoms. The second-order valence-electron chi connectivity index (χ2n) is 6.31. The first kappa shape index (κ1) is 14.0. The second kappa shape index (κ2) is 4.80. The van der Waals surface area contributed by atoms with Crippen molar-refractivity contribution >= 4 is 5.78 Å². The van der Waals surface area contributed by atoms with E-state index in [1.807, 2.05) is 6.92 Å². The van der Waals surface area contributed by atoms with Gasteiger partial charge in [0, 0.05) is 23.3 Å². The lowest BCUT2D eigenvalue weighted by Gasteiger charge is -2.47. The van der Waals surface area contributed by atoms with Gasteiger partial charge in [0.1, 0.15) is 6.33 Å². The summed E-state index contributed by atoms with van der Waals surface area (Å²) in [5.41, 5.74) is 1.77. The highest BCUT2D eigenvalue weighted by Crippen LogP contribution is 2.51. The van der Waals surface area contributed by atoms with Crippen molar-refractivity contribution in [1.29, 1.82) is 0 Å². The number of methoxy groups -OCH3 is 1. The summed E-state index contributed by atoms with van der Waals surface area (Å²) in [6.45, 7) is 11.4. The predicted octanol–water partition coefficient (Wildman–Crippen LogP) is 2.20. The van der Waals surface area contributed by atoms with Gasteiger partial charge in [-0.2, -0.15) is 0 Å². The molecule has 2 aliphatic rings. The zero-order valence-electron chi connectivity index (χ0n) is 12.6. The molecule has 5 nitrogen and oxygen atoms in total. The van der Waals surface area contributed by atoms with E-state index in [-0.39, 0.29) is 23.0 Å². The molecule has 2 aliphatic carbocycles. The summed E-state index contributed by atoms with van der Waals surface area (Å²) in [5.74, 6) is 0.882. The van der Waals surface area contributed by atoms with E-state index in [1.165, 1.54) is 6.33 Å². The van der Waals surface area contributed by atoms with Gasteiger partial charge >= 0.3 is 0 Å². The molecule has 1 heterocycles. The van der Waals surface area contributed by atoms with Gasteiger partial charge < -0.3 is 9.58 Å². The van der Waals surface area contributed by atoms with Gasteiger partial charge in [0.2, 0.25) is 11.7 Å². The summed E-state index contributed by atoms with van der Waals surface area (Å²) in [7, 11) is 1.62. The molecule has 1 aromatic heterocycles. The Hall–Kier alpha value is -1.96. The summed E-state index contributed by atoms with van der Waals surface area (Å²) in [6, 6.07) is -0.548. The van der Waals surface area contributed by atoms with Gasteiger partial charge in [-0.1, -0.05) is 13.8 Å². The fourth-order valence-corrected chi connectivity index (χ4v) is 4.25. The van der Waals surface area contributed by atoms with Crippen LogP contribution < -0.4 is 4.74 Å². The Morgan fingerprint density at radius 1 is 1.48 bits per heavy atom. The van der Waals surface area contributed by atoms with Crippen LogP contribution in [-0.2, 0) is 16.6 Å². The number of carbonyl (C=O) groups is 1. The minimum absolute atomic E-state index is 0.0861. The minimum atomic E-state index is -0.548. The average molecular weight is 285 g/mol. The summed E-state index contributed by atoms with van der Waals surface area (Å²) < 4.78 is 5.36. The number of rotatable bonds is 1. The average Bonchev–Trinajstić information content (AvgIpc) is 2.50. The molecule has 0 amide bonds. The number of Topliss-reactive ketones (excluding diaryl/α,β-unsaturated/α-hetero) is 1. The van der Waals surface area contributed by atoms with E-state index in [1.54, 1.807) is 7.11 Å². The highest BCUT2D eigenvalue weighted by molar-refractivity contribution is 5.89. The van der Waals surface area contributed by atoms with E-state index >= 15 is 0 Å². The SMILES string of the molecule is [C-]#[N+]C1C[C@]2(C)c3ncnc(OC)c3CC[C@H]2[C@H](C)C1=O. The lowest BCUT2D eigenvalue weighted by molar-refractivity contribution is -0.129.